The molecule has 1 heterocycles. The van der Waals surface area contributed by atoms with Crippen molar-refractivity contribution in [1.29, 1.82) is 5.26 Å². The molecule has 0 spiro atoms. The highest BCUT2D eigenvalue weighted by atomic mass is 15.3. The molecule has 5 nitrogen and oxygen atoms in total. The first-order chi connectivity index (χ1) is 5.81. The quantitative estimate of drug-likeness (QED) is 0.544. The number of anilines is 1. The molecule has 0 aliphatic rings. The van der Waals surface area contributed by atoms with E-state index in [4.69, 9.17) is 11.0 Å². The van der Waals surface area contributed by atoms with Crippen LogP contribution < -0.4 is 5.73 Å². The zero-order valence-corrected chi connectivity index (χ0v) is 6.07. The van der Waals surface area contributed by atoms with E-state index in [0.717, 1.165) is 0 Å². The summed E-state index contributed by atoms with van der Waals surface area (Å²) in [5.41, 5.74) is 7.74. The van der Waals surface area contributed by atoms with Crippen LogP contribution in [0.15, 0.2) is 12.1 Å². The molecule has 5 heteroatoms. The number of nitrogens with zero attached hydrogens (tertiary/aromatic N) is 3. The molecule has 58 valence electrons. The number of hydrogen-bond donors (Lipinski definition) is 2. The van der Waals surface area contributed by atoms with Gasteiger partial charge in [0.1, 0.15) is 17.1 Å². The van der Waals surface area contributed by atoms with E-state index in [-0.39, 0.29) is 0 Å². The summed E-state index contributed by atoms with van der Waals surface area (Å²) in [6, 6.07) is 5.20. The Kier molecular flexibility index (Phi) is 1.21. The van der Waals surface area contributed by atoms with E-state index in [9.17, 15) is 0 Å². The summed E-state index contributed by atoms with van der Waals surface area (Å²) in [5, 5.41) is 18.7. The van der Waals surface area contributed by atoms with Crippen molar-refractivity contribution in [2.24, 2.45) is 0 Å². The fourth-order valence-electron chi connectivity index (χ4n) is 1.00. The van der Waals surface area contributed by atoms with E-state index in [1.165, 1.54) is 0 Å². The number of aromatic amines is 1. The van der Waals surface area contributed by atoms with Crippen molar-refractivity contribution in [3.63, 3.8) is 0 Å². The van der Waals surface area contributed by atoms with E-state index >= 15 is 0 Å². The first-order valence-corrected chi connectivity index (χ1v) is 3.31. The van der Waals surface area contributed by atoms with E-state index in [1.807, 2.05) is 6.07 Å². The van der Waals surface area contributed by atoms with Gasteiger partial charge in [0.15, 0.2) is 0 Å². The number of nitrogens with one attached hydrogen (secondary N) is 1. The number of H-pyrrole nitrogens is 1. The Labute approximate surface area is 67.8 Å². The van der Waals surface area contributed by atoms with Gasteiger partial charge >= 0.3 is 0 Å². The molecule has 0 saturated heterocycles. The number of nitrogen functional groups attached to an aromatic ring is 1. The molecular weight excluding hydrogens is 154 g/mol. The first-order valence-electron chi connectivity index (χ1n) is 3.31. The van der Waals surface area contributed by atoms with Crippen LogP contribution in [-0.4, -0.2) is 15.4 Å². The van der Waals surface area contributed by atoms with Crippen LogP contribution in [0.1, 0.15) is 5.56 Å². The highest BCUT2D eigenvalue weighted by Crippen LogP contribution is 2.16. The number of nitriles is 1. The molecule has 0 bridgehead atoms. The lowest BCUT2D eigenvalue weighted by atomic mass is 10.2. The van der Waals surface area contributed by atoms with Gasteiger partial charge in [-0.05, 0) is 12.1 Å². The molecule has 0 unspecified atom stereocenters. The second kappa shape index (κ2) is 2.20. The second-order valence-corrected chi connectivity index (χ2v) is 2.36. The van der Waals surface area contributed by atoms with E-state index in [2.05, 4.69) is 15.4 Å². The lowest BCUT2D eigenvalue weighted by molar-refractivity contribution is 0.959. The van der Waals surface area contributed by atoms with Crippen LogP contribution in [0.25, 0.3) is 11.0 Å². The Bertz CT molecular complexity index is 464. The predicted molar refractivity (Wildman–Crippen MR) is 43.0 cm³/mol. The molecule has 0 amide bonds. The van der Waals surface area contributed by atoms with Gasteiger partial charge in [-0.25, -0.2) is 0 Å². The van der Waals surface area contributed by atoms with Crippen LogP contribution >= 0.6 is 0 Å². The summed E-state index contributed by atoms with van der Waals surface area (Å²) in [5.74, 6) is 0. The third-order valence-electron chi connectivity index (χ3n) is 1.61. The zero-order chi connectivity index (χ0) is 8.55. The average molecular weight is 159 g/mol. The van der Waals surface area contributed by atoms with Crippen molar-refractivity contribution in [3.05, 3.63) is 17.7 Å². The van der Waals surface area contributed by atoms with Crippen molar-refractivity contribution < 1.29 is 0 Å². The zero-order valence-electron chi connectivity index (χ0n) is 6.07. The Morgan fingerprint density at radius 1 is 1.33 bits per heavy atom. The summed E-state index contributed by atoms with van der Waals surface area (Å²) in [7, 11) is 0. The highest BCUT2D eigenvalue weighted by molar-refractivity contribution is 5.80. The standard InChI is InChI=1S/C7H5N5/c8-3-4-1-6-7(2-5(4)9)11-12-10-6/h1-2H,9H2,(H,10,11,12). The Balaban J connectivity index is 2.84. The number of hydrogen-bond acceptors (Lipinski definition) is 4. The Morgan fingerprint density at radius 3 is 2.67 bits per heavy atom. The van der Waals surface area contributed by atoms with Crippen LogP contribution in [-0.2, 0) is 0 Å². The van der Waals surface area contributed by atoms with Gasteiger partial charge in [0.2, 0.25) is 0 Å². The topological polar surface area (TPSA) is 91.4 Å². The maximum atomic E-state index is 8.63. The van der Waals surface area contributed by atoms with Gasteiger partial charge in [-0.2, -0.15) is 20.7 Å². The first kappa shape index (κ1) is 6.61. The van der Waals surface area contributed by atoms with Crippen molar-refractivity contribution in [1.82, 2.24) is 15.4 Å². The number of benzene rings is 1. The van der Waals surface area contributed by atoms with Gasteiger partial charge in [-0.1, -0.05) is 0 Å². The number of fused-ring (bicyclic) bond motifs is 1. The molecule has 0 atom stereocenters. The minimum atomic E-state index is 0.427. The van der Waals surface area contributed by atoms with Gasteiger partial charge < -0.3 is 5.73 Å². The largest absolute Gasteiger partial charge is 0.398 e. The van der Waals surface area contributed by atoms with Crippen LogP contribution in [0.5, 0.6) is 0 Å². The monoisotopic (exact) mass is 159 g/mol. The molecule has 0 saturated carbocycles. The summed E-state index contributed by atoms with van der Waals surface area (Å²) in [6.45, 7) is 0. The second-order valence-electron chi connectivity index (χ2n) is 2.36. The molecule has 1 aromatic carbocycles. The molecule has 0 aliphatic heterocycles. The van der Waals surface area contributed by atoms with Gasteiger partial charge in [-0.3, -0.25) is 0 Å². The maximum absolute atomic E-state index is 8.63. The smallest absolute Gasteiger partial charge is 0.115 e. The predicted octanol–water partition coefficient (Wildman–Crippen LogP) is 0.412. The SMILES string of the molecule is N#Cc1cc2n[nH]nc2cc1N. The van der Waals surface area contributed by atoms with Crippen LogP contribution in [0.4, 0.5) is 5.69 Å². The van der Waals surface area contributed by atoms with E-state index in [1.54, 1.807) is 12.1 Å². The highest BCUT2D eigenvalue weighted by Gasteiger charge is 2.03. The maximum Gasteiger partial charge on any atom is 0.115 e. The summed E-state index contributed by atoms with van der Waals surface area (Å²) in [4.78, 5) is 0. The lowest BCUT2D eigenvalue weighted by Gasteiger charge is -1.93. The fourth-order valence-corrected chi connectivity index (χ4v) is 1.00. The van der Waals surface area contributed by atoms with Gasteiger partial charge in [0.05, 0.1) is 11.3 Å². The lowest BCUT2D eigenvalue weighted by Crippen LogP contribution is -1.89. The minimum absolute atomic E-state index is 0.427. The molecule has 0 radical (unpaired) electrons. The van der Waals surface area contributed by atoms with Crippen molar-refractivity contribution in [3.8, 4) is 6.07 Å². The molecular formula is C7H5N5. The Hall–Kier alpha value is -2.09. The number of rotatable bonds is 0. The van der Waals surface area contributed by atoms with Crippen LogP contribution in [0.2, 0.25) is 0 Å². The molecule has 0 aliphatic carbocycles. The molecule has 2 aromatic rings. The van der Waals surface area contributed by atoms with Crippen molar-refractivity contribution >= 4 is 16.7 Å². The van der Waals surface area contributed by atoms with Gasteiger partial charge in [0, 0.05) is 0 Å². The normalized spacial score (nSPS) is 9.92. The number of nitrogens with two attached hydrogens (primary N) is 1. The molecule has 1 aromatic heterocycles. The molecule has 0 fully saturated rings. The Morgan fingerprint density at radius 2 is 2.00 bits per heavy atom. The van der Waals surface area contributed by atoms with Gasteiger partial charge in [-0.15, -0.1) is 0 Å². The molecule has 12 heavy (non-hydrogen) atoms. The fraction of sp³-hybridized carbons (Fsp3) is 0. The molecule has 2 rings (SSSR count). The van der Waals surface area contributed by atoms with E-state index < -0.39 is 0 Å². The average Bonchev–Trinajstić information content (AvgIpc) is 2.49. The van der Waals surface area contributed by atoms with Crippen LogP contribution in [0.3, 0.4) is 0 Å². The summed E-state index contributed by atoms with van der Waals surface area (Å²) >= 11 is 0. The number of aromatic nitrogens is 3. The van der Waals surface area contributed by atoms with Crippen molar-refractivity contribution in [2.45, 2.75) is 0 Å². The van der Waals surface area contributed by atoms with E-state index in [0.29, 0.717) is 22.3 Å². The third-order valence-corrected chi connectivity index (χ3v) is 1.61. The molecule has 3 N–H and O–H groups in total. The minimum Gasteiger partial charge on any atom is -0.398 e. The summed E-state index contributed by atoms with van der Waals surface area (Å²) in [6.07, 6.45) is 0. The van der Waals surface area contributed by atoms with Crippen molar-refractivity contribution in [2.75, 3.05) is 5.73 Å². The summed E-state index contributed by atoms with van der Waals surface area (Å²) < 4.78 is 0. The third kappa shape index (κ3) is 0.787. The van der Waals surface area contributed by atoms with Gasteiger partial charge in [0.25, 0.3) is 0 Å². The van der Waals surface area contributed by atoms with Crippen LogP contribution in [0, 0.1) is 11.3 Å².